The Morgan fingerprint density at radius 3 is 1.31 bits per heavy atom. The number of hydrogen-bond acceptors (Lipinski definition) is 6. The SMILES string of the molecule is CCOc1cc(CCNC(=O)C(=C(Cl)Cl)c2ccc(Cl)cc2)ccc1OC.CCOc1ccc(CCNC(=O)C(=C(Cl)Cl)c2ccc(Cl)cc2)cc1OC. The standard InChI is InChI=1S/2C20H20Cl3NO3/c1-3-27-16-9-4-13(12-17(16)26-2)10-11-24-20(25)18(19(22)23)14-5-7-15(21)8-6-14;1-3-27-17-12-13(4-9-16(17)26-2)10-11-24-20(25)18(19(22)23)14-5-7-15(21)8-6-14/h2*4-9,12H,3,10-11H2,1-2H3,(H,24,25). The van der Waals surface area contributed by atoms with Gasteiger partial charge in [-0.2, -0.15) is 0 Å². The Morgan fingerprint density at radius 2 is 0.926 bits per heavy atom. The molecule has 0 atom stereocenters. The Labute approximate surface area is 346 Å². The van der Waals surface area contributed by atoms with Crippen molar-refractivity contribution in [3.05, 3.63) is 126 Å². The number of methoxy groups -OCH3 is 2. The molecule has 0 bridgehead atoms. The number of carbonyl (C=O) groups excluding carboxylic acids is 2. The van der Waals surface area contributed by atoms with Crippen molar-refractivity contribution in [2.24, 2.45) is 0 Å². The number of amides is 2. The average molecular weight is 857 g/mol. The minimum atomic E-state index is -0.352. The number of carbonyl (C=O) groups is 2. The molecule has 4 aromatic carbocycles. The highest BCUT2D eigenvalue weighted by Gasteiger charge is 2.17. The van der Waals surface area contributed by atoms with Gasteiger partial charge in [0.25, 0.3) is 11.8 Å². The minimum absolute atomic E-state index is 0.0992. The fourth-order valence-electron chi connectivity index (χ4n) is 4.99. The maximum Gasteiger partial charge on any atom is 0.254 e. The van der Waals surface area contributed by atoms with Gasteiger partial charge >= 0.3 is 0 Å². The molecule has 2 amide bonds. The van der Waals surface area contributed by atoms with Gasteiger partial charge in [-0.15, -0.1) is 0 Å². The zero-order valence-corrected chi connectivity index (χ0v) is 34.6. The molecule has 0 aromatic heterocycles. The summed E-state index contributed by atoms with van der Waals surface area (Å²) in [5.41, 5.74) is 3.62. The maximum absolute atomic E-state index is 12.5. The second-order valence-electron chi connectivity index (χ2n) is 11.1. The summed E-state index contributed by atoms with van der Waals surface area (Å²) in [6, 6.07) is 24.8. The first-order valence-corrected chi connectivity index (χ1v) is 19.0. The first-order valence-electron chi connectivity index (χ1n) is 16.7. The molecule has 0 fully saturated rings. The number of halogens is 6. The molecule has 0 saturated carbocycles. The normalized spacial score (nSPS) is 10.3. The van der Waals surface area contributed by atoms with Gasteiger partial charge in [-0.1, -0.05) is 106 Å². The molecule has 4 aromatic rings. The molecule has 54 heavy (non-hydrogen) atoms. The van der Waals surface area contributed by atoms with Gasteiger partial charge in [0.15, 0.2) is 23.0 Å². The van der Waals surface area contributed by atoms with Crippen LogP contribution in [0.3, 0.4) is 0 Å². The van der Waals surface area contributed by atoms with Crippen molar-refractivity contribution in [3.63, 3.8) is 0 Å². The summed E-state index contributed by atoms with van der Waals surface area (Å²) in [7, 11) is 3.19. The minimum Gasteiger partial charge on any atom is -0.493 e. The Hall–Kier alpha value is -3.76. The van der Waals surface area contributed by atoms with Crippen molar-refractivity contribution in [2.75, 3.05) is 40.5 Å². The van der Waals surface area contributed by atoms with E-state index in [0.717, 1.165) is 11.1 Å². The molecule has 4 rings (SSSR count). The molecule has 0 aliphatic carbocycles. The van der Waals surface area contributed by atoms with Crippen LogP contribution >= 0.6 is 69.6 Å². The average Bonchev–Trinajstić information content (AvgIpc) is 3.14. The quantitative estimate of drug-likeness (QED) is 0.109. The highest BCUT2D eigenvalue weighted by Crippen LogP contribution is 2.30. The van der Waals surface area contributed by atoms with Crippen molar-refractivity contribution < 1.29 is 28.5 Å². The summed E-state index contributed by atoms with van der Waals surface area (Å²) >= 11 is 35.4. The summed E-state index contributed by atoms with van der Waals surface area (Å²) in [6.45, 7) is 5.75. The monoisotopic (exact) mass is 854 g/mol. The van der Waals surface area contributed by atoms with Crippen molar-refractivity contribution in [1.82, 2.24) is 10.6 Å². The summed E-state index contributed by atoms with van der Waals surface area (Å²) in [5.74, 6) is 1.99. The van der Waals surface area contributed by atoms with E-state index in [2.05, 4.69) is 10.6 Å². The van der Waals surface area contributed by atoms with Crippen LogP contribution in [0.4, 0.5) is 0 Å². The predicted molar refractivity (Wildman–Crippen MR) is 222 cm³/mol. The lowest BCUT2D eigenvalue weighted by Crippen LogP contribution is -2.26. The van der Waals surface area contributed by atoms with E-state index in [1.807, 2.05) is 50.2 Å². The van der Waals surface area contributed by atoms with E-state index in [-0.39, 0.29) is 31.9 Å². The van der Waals surface area contributed by atoms with Gasteiger partial charge in [-0.25, -0.2) is 0 Å². The van der Waals surface area contributed by atoms with Crippen LogP contribution in [0.2, 0.25) is 10.0 Å². The number of rotatable bonds is 16. The van der Waals surface area contributed by atoms with Gasteiger partial charge in [0.2, 0.25) is 0 Å². The molecule has 0 aliphatic rings. The van der Waals surface area contributed by atoms with Gasteiger partial charge in [0.05, 0.1) is 38.6 Å². The largest absolute Gasteiger partial charge is 0.493 e. The summed E-state index contributed by atoms with van der Waals surface area (Å²) in [6.07, 6.45) is 1.23. The smallest absolute Gasteiger partial charge is 0.254 e. The van der Waals surface area contributed by atoms with Crippen LogP contribution in [0.5, 0.6) is 23.0 Å². The fourth-order valence-corrected chi connectivity index (χ4v) is 6.02. The lowest BCUT2D eigenvalue weighted by molar-refractivity contribution is -0.116. The van der Waals surface area contributed by atoms with Crippen molar-refractivity contribution in [3.8, 4) is 23.0 Å². The predicted octanol–water partition coefficient (Wildman–Crippen LogP) is 10.5. The topological polar surface area (TPSA) is 95.1 Å². The zero-order valence-electron chi connectivity index (χ0n) is 30.0. The zero-order chi connectivity index (χ0) is 39.6. The van der Waals surface area contributed by atoms with E-state index < -0.39 is 0 Å². The molecule has 0 saturated heterocycles. The van der Waals surface area contributed by atoms with Gasteiger partial charge in [0.1, 0.15) is 8.98 Å². The van der Waals surface area contributed by atoms with Gasteiger partial charge in [-0.3, -0.25) is 9.59 Å². The van der Waals surface area contributed by atoms with Crippen molar-refractivity contribution in [2.45, 2.75) is 26.7 Å². The van der Waals surface area contributed by atoms with E-state index in [1.54, 1.807) is 62.8 Å². The Bertz CT molecular complexity index is 1910. The highest BCUT2D eigenvalue weighted by atomic mass is 35.5. The molecule has 0 heterocycles. The highest BCUT2D eigenvalue weighted by molar-refractivity contribution is 6.62. The van der Waals surface area contributed by atoms with E-state index in [4.69, 9.17) is 88.6 Å². The van der Waals surface area contributed by atoms with Crippen LogP contribution in [-0.2, 0) is 22.4 Å². The van der Waals surface area contributed by atoms with E-state index in [9.17, 15) is 9.59 Å². The van der Waals surface area contributed by atoms with Crippen LogP contribution in [0.1, 0.15) is 36.1 Å². The number of hydrogen-bond donors (Lipinski definition) is 2. The van der Waals surface area contributed by atoms with Gasteiger partial charge in [0, 0.05) is 23.1 Å². The number of benzene rings is 4. The van der Waals surface area contributed by atoms with E-state index >= 15 is 0 Å². The van der Waals surface area contributed by atoms with Crippen molar-refractivity contribution >= 4 is 92.6 Å². The van der Waals surface area contributed by atoms with Crippen molar-refractivity contribution in [1.29, 1.82) is 0 Å². The van der Waals surface area contributed by atoms with E-state index in [1.165, 1.54) is 0 Å². The van der Waals surface area contributed by atoms with Crippen LogP contribution in [0.25, 0.3) is 11.1 Å². The third-order valence-electron chi connectivity index (χ3n) is 7.55. The number of nitrogens with one attached hydrogen (secondary N) is 2. The molecule has 0 spiro atoms. The molecule has 0 aliphatic heterocycles. The molecule has 2 N–H and O–H groups in total. The van der Waals surface area contributed by atoms with E-state index in [0.29, 0.717) is 83.3 Å². The summed E-state index contributed by atoms with van der Waals surface area (Å²) in [5, 5.41) is 6.79. The molecule has 288 valence electrons. The van der Waals surface area contributed by atoms with Crippen LogP contribution < -0.4 is 29.6 Å². The third-order valence-corrected chi connectivity index (χ3v) is 8.81. The lowest BCUT2D eigenvalue weighted by Gasteiger charge is -2.12. The Morgan fingerprint density at radius 1 is 0.537 bits per heavy atom. The first-order chi connectivity index (χ1) is 25.9. The fraction of sp³-hybridized carbons (Fsp3) is 0.250. The van der Waals surface area contributed by atoms with Gasteiger partial charge < -0.3 is 29.6 Å². The Kier molecular flexibility index (Phi) is 19.2. The molecule has 0 unspecified atom stereocenters. The number of ether oxygens (including phenoxy) is 4. The van der Waals surface area contributed by atoms with Gasteiger partial charge in [-0.05, 0) is 97.5 Å². The van der Waals surface area contributed by atoms with Crippen LogP contribution in [-0.4, -0.2) is 52.3 Å². The second kappa shape index (κ2) is 23.2. The van der Waals surface area contributed by atoms with Crippen LogP contribution in [0.15, 0.2) is 93.9 Å². The third kappa shape index (κ3) is 13.8. The first kappa shape index (κ1) is 44.6. The molecular weight excluding hydrogens is 817 g/mol. The summed E-state index contributed by atoms with van der Waals surface area (Å²) < 4.78 is 21.5. The molecule has 14 heteroatoms. The molecular formula is C40H40Cl6N2O6. The summed E-state index contributed by atoms with van der Waals surface area (Å²) in [4.78, 5) is 25.0. The van der Waals surface area contributed by atoms with Crippen LogP contribution in [0, 0.1) is 0 Å². The maximum atomic E-state index is 12.5. The molecule has 8 nitrogen and oxygen atoms in total. The molecule has 0 radical (unpaired) electrons. The Balaban J connectivity index is 0.000000290. The second-order valence-corrected chi connectivity index (χ2v) is 13.9. The lowest BCUT2D eigenvalue weighted by atomic mass is 10.1.